The molecule has 1 rings (SSSR count). The summed E-state index contributed by atoms with van der Waals surface area (Å²) in [4.78, 5) is 13.3. The molecular formula is C14H19F3N2O. The number of halogens is 3. The Kier molecular flexibility index (Phi) is 5.03. The predicted molar refractivity (Wildman–Crippen MR) is 72.6 cm³/mol. The number of nitrogens with one attached hydrogen (secondary N) is 1. The third-order valence-corrected chi connectivity index (χ3v) is 3.15. The van der Waals surface area contributed by atoms with Crippen molar-refractivity contribution in [2.75, 3.05) is 18.9 Å². The number of rotatable bonds is 4. The Bertz CT molecular complexity index is 484. The molecular weight excluding hydrogens is 269 g/mol. The van der Waals surface area contributed by atoms with Gasteiger partial charge in [-0.2, -0.15) is 13.2 Å². The maximum Gasteiger partial charge on any atom is 0.416 e. The van der Waals surface area contributed by atoms with Crippen molar-refractivity contribution < 1.29 is 18.0 Å². The van der Waals surface area contributed by atoms with E-state index >= 15 is 0 Å². The van der Waals surface area contributed by atoms with E-state index in [9.17, 15) is 18.0 Å². The molecule has 3 nitrogen and oxygen atoms in total. The highest BCUT2D eigenvalue weighted by Crippen LogP contribution is 2.33. The monoisotopic (exact) mass is 288 g/mol. The summed E-state index contributed by atoms with van der Waals surface area (Å²) in [6.45, 7) is 5.11. The zero-order valence-electron chi connectivity index (χ0n) is 12.0. The number of benzene rings is 1. The molecule has 0 radical (unpaired) electrons. The van der Waals surface area contributed by atoms with Crippen molar-refractivity contribution in [2.45, 2.75) is 33.0 Å². The molecule has 0 spiro atoms. The van der Waals surface area contributed by atoms with Gasteiger partial charge >= 0.3 is 6.18 Å². The first kappa shape index (κ1) is 16.3. The van der Waals surface area contributed by atoms with E-state index in [1.165, 1.54) is 24.0 Å². The van der Waals surface area contributed by atoms with Crippen LogP contribution in [0, 0.1) is 6.92 Å². The van der Waals surface area contributed by atoms with Gasteiger partial charge < -0.3 is 10.2 Å². The average Bonchev–Trinajstić information content (AvgIpc) is 2.34. The molecule has 0 aliphatic rings. The van der Waals surface area contributed by atoms with E-state index in [0.29, 0.717) is 0 Å². The molecule has 0 aliphatic heterocycles. The normalized spacial score (nSPS) is 11.6. The van der Waals surface area contributed by atoms with E-state index in [4.69, 9.17) is 0 Å². The zero-order valence-corrected chi connectivity index (χ0v) is 12.0. The van der Waals surface area contributed by atoms with Gasteiger partial charge in [-0.05, 0) is 38.5 Å². The van der Waals surface area contributed by atoms with Crippen LogP contribution in [0.25, 0.3) is 0 Å². The Labute approximate surface area is 116 Å². The van der Waals surface area contributed by atoms with E-state index in [-0.39, 0.29) is 29.7 Å². The molecule has 0 unspecified atom stereocenters. The van der Waals surface area contributed by atoms with Crippen LogP contribution < -0.4 is 5.32 Å². The van der Waals surface area contributed by atoms with E-state index in [0.717, 1.165) is 6.07 Å². The van der Waals surface area contributed by atoms with Crippen LogP contribution in [0.1, 0.15) is 25.0 Å². The molecule has 1 aromatic carbocycles. The van der Waals surface area contributed by atoms with Crippen molar-refractivity contribution in [2.24, 2.45) is 0 Å². The van der Waals surface area contributed by atoms with Gasteiger partial charge in [0.15, 0.2) is 0 Å². The van der Waals surface area contributed by atoms with Crippen LogP contribution in [-0.2, 0) is 11.0 Å². The summed E-state index contributed by atoms with van der Waals surface area (Å²) in [5.74, 6) is -0.172. The number of alkyl halides is 3. The molecule has 1 N–H and O–H groups in total. The number of hydrogen-bond acceptors (Lipinski definition) is 2. The SMILES string of the molecule is Cc1ccc(NCC(=O)N(C)C(C)C)cc1C(F)(F)F. The second kappa shape index (κ2) is 6.15. The van der Waals surface area contributed by atoms with Crippen LogP contribution in [0.4, 0.5) is 18.9 Å². The van der Waals surface area contributed by atoms with Crippen molar-refractivity contribution >= 4 is 11.6 Å². The zero-order chi connectivity index (χ0) is 15.5. The fraction of sp³-hybridized carbons (Fsp3) is 0.500. The van der Waals surface area contributed by atoms with E-state index < -0.39 is 11.7 Å². The number of amides is 1. The molecule has 1 amide bonds. The van der Waals surface area contributed by atoms with Crippen LogP contribution in [-0.4, -0.2) is 30.4 Å². The Morgan fingerprint density at radius 2 is 1.95 bits per heavy atom. The van der Waals surface area contributed by atoms with Gasteiger partial charge in [0.1, 0.15) is 0 Å². The Morgan fingerprint density at radius 1 is 1.35 bits per heavy atom. The van der Waals surface area contributed by atoms with E-state index in [1.807, 2.05) is 13.8 Å². The van der Waals surface area contributed by atoms with Gasteiger partial charge in [-0.3, -0.25) is 4.79 Å². The van der Waals surface area contributed by atoms with Crippen molar-refractivity contribution in [1.29, 1.82) is 0 Å². The summed E-state index contributed by atoms with van der Waals surface area (Å²) in [5.41, 5.74) is -0.241. The molecule has 0 heterocycles. The maximum atomic E-state index is 12.8. The number of hydrogen-bond donors (Lipinski definition) is 1. The van der Waals surface area contributed by atoms with E-state index in [2.05, 4.69) is 5.32 Å². The number of aryl methyl sites for hydroxylation is 1. The minimum Gasteiger partial charge on any atom is -0.376 e. The van der Waals surface area contributed by atoms with Crippen molar-refractivity contribution in [3.8, 4) is 0 Å². The van der Waals surface area contributed by atoms with Gasteiger partial charge in [0.25, 0.3) is 0 Å². The van der Waals surface area contributed by atoms with Crippen LogP contribution in [0.15, 0.2) is 18.2 Å². The van der Waals surface area contributed by atoms with Crippen molar-refractivity contribution in [3.05, 3.63) is 29.3 Å². The molecule has 0 bridgehead atoms. The first-order valence-corrected chi connectivity index (χ1v) is 6.30. The molecule has 0 aromatic heterocycles. The fourth-order valence-electron chi connectivity index (χ4n) is 1.63. The fourth-order valence-corrected chi connectivity index (χ4v) is 1.63. The number of carbonyl (C=O) groups is 1. The third kappa shape index (κ3) is 4.15. The second-order valence-corrected chi connectivity index (χ2v) is 4.98. The third-order valence-electron chi connectivity index (χ3n) is 3.15. The number of anilines is 1. The summed E-state index contributed by atoms with van der Waals surface area (Å²) in [7, 11) is 1.66. The van der Waals surface area contributed by atoms with Gasteiger partial charge in [-0.15, -0.1) is 0 Å². The molecule has 0 fully saturated rings. The van der Waals surface area contributed by atoms with E-state index in [1.54, 1.807) is 7.05 Å². The highest BCUT2D eigenvalue weighted by atomic mass is 19.4. The summed E-state index contributed by atoms with van der Waals surface area (Å²) in [5, 5.41) is 2.73. The van der Waals surface area contributed by atoms with Crippen molar-refractivity contribution in [1.82, 2.24) is 4.90 Å². The Morgan fingerprint density at radius 3 is 2.45 bits per heavy atom. The topological polar surface area (TPSA) is 32.3 Å². The quantitative estimate of drug-likeness (QED) is 0.922. The van der Waals surface area contributed by atoms with Gasteiger partial charge in [0.2, 0.25) is 5.91 Å². The lowest BCUT2D eigenvalue weighted by atomic mass is 10.1. The van der Waals surface area contributed by atoms with Gasteiger partial charge in [0, 0.05) is 18.8 Å². The lowest BCUT2D eigenvalue weighted by Crippen LogP contribution is -2.37. The number of carbonyl (C=O) groups excluding carboxylic acids is 1. The minimum absolute atomic E-state index is 0.0327. The number of nitrogens with zero attached hydrogens (tertiary/aromatic N) is 1. The standard InChI is InChI=1S/C14H19F3N2O/c1-9(2)19(4)13(20)8-18-11-6-5-10(3)12(7-11)14(15,16)17/h5-7,9,18H,8H2,1-4H3. The summed E-state index contributed by atoms with van der Waals surface area (Å²) >= 11 is 0. The smallest absolute Gasteiger partial charge is 0.376 e. The molecule has 0 aliphatic carbocycles. The molecule has 0 saturated heterocycles. The second-order valence-electron chi connectivity index (χ2n) is 4.98. The first-order chi connectivity index (χ1) is 9.12. The average molecular weight is 288 g/mol. The Balaban J connectivity index is 2.78. The highest BCUT2D eigenvalue weighted by molar-refractivity contribution is 5.80. The first-order valence-electron chi connectivity index (χ1n) is 6.30. The maximum absolute atomic E-state index is 12.8. The van der Waals surface area contributed by atoms with Gasteiger partial charge in [-0.1, -0.05) is 6.07 Å². The van der Waals surface area contributed by atoms with Crippen molar-refractivity contribution in [3.63, 3.8) is 0 Å². The molecule has 1 aromatic rings. The summed E-state index contributed by atoms with van der Waals surface area (Å²) in [6, 6.07) is 4.00. The Hall–Kier alpha value is -1.72. The number of likely N-dealkylation sites (N-methyl/N-ethyl adjacent to an activating group) is 1. The largest absolute Gasteiger partial charge is 0.416 e. The molecule has 6 heteroatoms. The summed E-state index contributed by atoms with van der Waals surface area (Å²) < 4.78 is 38.3. The highest BCUT2D eigenvalue weighted by Gasteiger charge is 2.32. The molecule has 0 atom stereocenters. The lowest BCUT2D eigenvalue weighted by molar-refractivity contribution is -0.138. The van der Waals surface area contributed by atoms with Crippen LogP contribution >= 0.6 is 0 Å². The van der Waals surface area contributed by atoms with Gasteiger partial charge in [-0.25, -0.2) is 0 Å². The predicted octanol–water partition coefficient (Wildman–Crippen LogP) is 3.29. The minimum atomic E-state index is -4.39. The van der Waals surface area contributed by atoms with Crippen LogP contribution in [0.5, 0.6) is 0 Å². The molecule has 112 valence electrons. The molecule has 20 heavy (non-hydrogen) atoms. The molecule has 0 saturated carbocycles. The lowest BCUT2D eigenvalue weighted by Gasteiger charge is -2.22. The van der Waals surface area contributed by atoms with Crippen LogP contribution in [0.2, 0.25) is 0 Å². The summed E-state index contributed by atoms with van der Waals surface area (Å²) in [6.07, 6.45) is -4.39. The van der Waals surface area contributed by atoms with Crippen LogP contribution in [0.3, 0.4) is 0 Å². The van der Waals surface area contributed by atoms with Gasteiger partial charge in [0.05, 0.1) is 12.1 Å².